The van der Waals surface area contributed by atoms with E-state index in [9.17, 15) is 4.79 Å². The lowest BCUT2D eigenvalue weighted by molar-refractivity contribution is -0.114. The van der Waals surface area contributed by atoms with Crippen LogP contribution in [0.4, 0.5) is 5.69 Å². The number of hydrogen-bond donors (Lipinski definition) is 1. The molecule has 0 spiro atoms. The second kappa shape index (κ2) is 7.39. The van der Waals surface area contributed by atoms with Gasteiger partial charge in [-0.1, -0.05) is 29.8 Å². The van der Waals surface area contributed by atoms with E-state index in [1.807, 2.05) is 69.3 Å². The van der Waals surface area contributed by atoms with Gasteiger partial charge in [-0.15, -0.1) is 5.10 Å². The molecule has 0 aliphatic carbocycles. The smallest absolute Gasteiger partial charge is 0.336 e. The van der Waals surface area contributed by atoms with E-state index in [0.29, 0.717) is 11.8 Å². The van der Waals surface area contributed by atoms with Gasteiger partial charge in [-0.25, -0.2) is 4.68 Å². The molecule has 0 saturated carbocycles. The highest BCUT2D eigenvalue weighted by Gasteiger charge is 2.15. The summed E-state index contributed by atoms with van der Waals surface area (Å²) in [6.45, 7) is 7.40. The molecule has 0 saturated heterocycles. The highest BCUT2D eigenvalue weighted by molar-refractivity contribution is 5.88. The average Bonchev–Trinajstić information content (AvgIpc) is 2.98. The number of nitrogens with zero attached hydrogens (tertiary/aromatic N) is 3. The molecule has 6 nitrogen and oxygen atoms in total. The summed E-state index contributed by atoms with van der Waals surface area (Å²) in [5.41, 5.74) is 3.70. The van der Waals surface area contributed by atoms with Crippen LogP contribution < -0.4 is 10.1 Å². The van der Waals surface area contributed by atoms with Crippen molar-refractivity contribution in [2.45, 2.75) is 33.8 Å². The molecule has 0 aliphatic heterocycles. The average molecular weight is 350 g/mol. The quantitative estimate of drug-likeness (QED) is 0.755. The van der Waals surface area contributed by atoms with Gasteiger partial charge in [0, 0.05) is 18.2 Å². The van der Waals surface area contributed by atoms with E-state index in [1.165, 1.54) is 12.5 Å². The fraction of sp³-hybridized carbons (Fsp3) is 0.250. The molecule has 1 amide bonds. The Morgan fingerprint density at radius 2 is 1.73 bits per heavy atom. The SMILES string of the molecule is CC(=O)Nc1ccc(-n2nc(OC(C)C)nc2-c2ccc(C)cc2)cc1. The highest BCUT2D eigenvalue weighted by atomic mass is 16.5. The van der Waals surface area contributed by atoms with Crippen molar-refractivity contribution in [3.63, 3.8) is 0 Å². The second-order valence-corrected chi connectivity index (χ2v) is 6.39. The molecule has 0 fully saturated rings. The number of carbonyl (C=O) groups is 1. The lowest BCUT2D eigenvalue weighted by Crippen LogP contribution is -2.07. The van der Waals surface area contributed by atoms with Crippen LogP contribution in [0.25, 0.3) is 17.1 Å². The van der Waals surface area contributed by atoms with Crippen LogP contribution in [-0.4, -0.2) is 26.8 Å². The van der Waals surface area contributed by atoms with E-state index in [0.717, 1.165) is 16.9 Å². The van der Waals surface area contributed by atoms with E-state index < -0.39 is 0 Å². The minimum Gasteiger partial charge on any atom is -0.460 e. The first-order valence-electron chi connectivity index (χ1n) is 8.51. The molecule has 26 heavy (non-hydrogen) atoms. The predicted molar refractivity (Wildman–Crippen MR) is 102 cm³/mol. The Balaban J connectivity index is 2.02. The van der Waals surface area contributed by atoms with Crippen LogP contribution in [-0.2, 0) is 4.79 Å². The number of anilines is 1. The number of aryl methyl sites for hydroxylation is 1. The van der Waals surface area contributed by atoms with Gasteiger partial charge >= 0.3 is 6.01 Å². The summed E-state index contributed by atoms with van der Waals surface area (Å²) in [6, 6.07) is 15.9. The third kappa shape index (κ3) is 4.08. The molecular formula is C20H22N4O2. The van der Waals surface area contributed by atoms with Gasteiger partial charge in [0.25, 0.3) is 0 Å². The number of benzene rings is 2. The molecule has 6 heteroatoms. The Morgan fingerprint density at radius 3 is 2.31 bits per heavy atom. The second-order valence-electron chi connectivity index (χ2n) is 6.39. The number of rotatable bonds is 5. The lowest BCUT2D eigenvalue weighted by Gasteiger charge is -2.08. The van der Waals surface area contributed by atoms with Gasteiger partial charge in [0.05, 0.1) is 11.8 Å². The molecule has 2 aromatic carbocycles. The van der Waals surface area contributed by atoms with Crippen molar-refractivity contribution in [3.05, 3.63) is 54.1 Å². The molecule has 1 N–H and O–H groups in total. The maximum absolute atomic E-state index is 11.2. The number of carbonyl (C=O) groups excluding carboxylic acids is 1. The predicted octanol–water partition coefficient (Wildman–Crippen LogP) is 3.99. The van der Waals surface area contributed by atoms with Crippen molar-refractivity contribution >= 4 is 11.6 Å². The van der Waals surface area contributed by atoms with Crippen LogP contribution in [0.15, 0.2) is 48.5 Å². The molecular weight excluding hydrogens is 328 g/mol. The van der Waals surface area contributed by atoms with Crippen molar-refractivity contribution in [2.75, 3.05) is 5.32 Å². The number of aromatic nitrogens is 3. The summed E-state index contributed by atoms with van der Waals surface area (Å²) < 4.78 is 7.43. The molecule has 0 aliphatic rings. The molecule has 0 unspecified atom stereocenters. The lowest BCUT2D eigenvalue weighted by atomic mass is 10.1. The zero-order valence-corrected chi connectivity index (χ0v) is 15.4. The van der Waals surface area contributed by atoms with E-state index in [1.54, 1.807) is 4.68 Å². The first-order chi connectivity index (χ1) is 12.4. The zero-order valence-electron chi connectivity index (χ0n) is 15.4. The van der Waals surface area contributed by atoms with E-state index in [4.69, 9.17) is 4.74 Å². The molecule has 3 rings (SSSR count). The van der Waals surface area contributed by atoms with Crippen LogP contribution in [0.2, 0.25) is 0 Å². The van der Waals surface area contributed by atoms with Gasteiger partial charge in [-0.05, 0) is 45.0 Å². The van der Waals surface area contributed by atoms with E-state index >= 15 is 0 Å². The number of amides is 1. The van der Waals surface area contributed by atoms with Crippen molar-refractivity contribution in [1.82, 2.24) is 14.8 Å². The van der Waals surface area contributed by atoms with Crippen LogP contribution in [0.5, 0.6) is 6.01 Å². The first-order valence-corrected chi connectivity index (χ1v) is 8.51. The molecule has 1 aromatic heterocycles. The Hall–Kier alpha value is -3.15. The van der Waals surface area contributed by atoms with Crippen LogP contribution in [0.1, 0.15) is 26.3 Å². The van der Waals surface area contributed by atoms with Crippen LogP contribution in [0, 0.1) is 6.92 Å². The number of hydrogen-bond acceptors (Lipinski definition) is 4. The standard InChI is InChI=1S/C20H22N4O2/c1-13(2)26-20-22-19(16-7-5-14(3)6-8-16)24(23-20)18-11-9-17(10-12-18)21-15(4)25/h5-13H,1-4H3,(H,21,25). The Morgan fingerprint density at radius 1 is 1.08 bits per heavy atom. The summed E-state index contributed by atoms with van der Waals surface area (Å²) in [5.74, 6) is 0.597. The molecule has 3 aromatic rings. The van der Waals surface area contributed by atoms with Gasteiger partial charge in [0.2, 0.25) is 5.91 Å². The molecule has 0 radical (unpaired) electrons. The van der Waals surface area contributed by atoms with E-state index in [-0.39, 0.29) is 12.0 Å². The largest absolute Gasteiger partial charge is 0.460 e. The third-order valence-electron chi connectivity index (χ3n) is 3.67. The summed E-state index contributed by atoms with van der Waals surface area (Å²) >= 11 is 0. The van der Waals surface area contributed by atoms with Gasteiger partial charge in [-0.2, -0.15) is 4.98 Å². The fourth-order valence-corrected chi connectivity index (χ4v) is 2.51. The maximum Gasteiger partial charge on any atom is 0.336 e. The first kappa shape index (κ1) is 17.7. The fourth-order valence-electron chi connectivity index (χ4n) is 2.51. The van der Waals surface area contributed by atoms with Crippen molar-refractivity contribution in [2.24, 2.45) is 0 Å². The van der Waals surface area contributed by atoms with E-state index in [2.05, 4.69) is 15.4 Å². The highest BCUT2D eigenvalue weighted by Crippen LogP contribution is 2.25. The minimum atomic E-state index is -0.105. The van der Waals surface area contributed by atoms with Crippen molar-refractivity contribution < 1.29 is 9.53 Å². The van der Waals surface area contributed by atoms with Gasteiger partial charge < -0.3 is 10.1 Å². The normalized spacial score (nSPS) is 10.8. The summed E-state index contributed by atoms with van der Waals surface area (Å²) in [4.78, 5) is 15.7. The Kier molecular flexibility index (Phi) is 5.02. The molecule has 1 heterocycles. The molecule has 134 valence electrons. The monoisotopic (exact) mass is 350 g/mol. The maximum atomic E-state index is 11.2. The molecule has 0 atom stereocenters. The summed E-state index contributed by atoms with van der Waals surface area (Å²) in [7, 11) is 0. The van der Waals surface area contributed by atoms with Gasteiger partial charge in [0.15, 0.2) is 5.82 Å². The summed E-state index contributed by atoms with van der Waals surface area (Å²) in [5, 5.41) is 7.26. The topological polar surface area (TPSA) is 69.0 Å². The van der Waals surface area contributed by atoms with Gasteiger partial charge in [0.1, 0.15) is 0 Å². The molecule has 0 bridgehead atoms. The minimum absolute atomic E-state index is 0.0149. The number of nitrogens with one attached hydrogen (secondary N) is 1. The zero-order chi connectivity index (χ0) is 18.7. The van der Waals surface area contributed by atoms with Crippen LogP contribution in [0.3, 0.4) is 0 Å². The van der Waals surface area contributed by atoms with Crippen LogP contribution >= 0.6 is 0 Å². The Bertz CT molecular complexity index is 897. The third-order valence-corrected chi connectivity index (χ3v) is 3.67. The number of ether oxygens (including phenoxy) is 1. The van der Waals surface area contributed by atoms with Crippen molar-refractivity contribution in [3.8, 4) is 23.1 Å². The Labute approximate surface area is 152 Å². The van der Waals surface area contributed by atoms with Crippen molar-refractivity contribution in [1.29, 1.82) is 0 Å². The summed E-state index contributed by atoms with van der Waals surface area (Å²) in [6.07, 6.45) is -0.0149. The van der Waals surface area contributed by atoms with Gasteiger partial charge in [-0.3, -0.25) is 4.79 Å².